The molecule has 2 aliphatic carbocycles. The molecular weight excluding hydrogens is 206 g/mol. The van der Waals surface area contributed by atoms with Crippen LogP contribution in [0.3, 0.4) is 0 Å². The van der Waals surface area contributed by atoms with E-state index in [2.05, 4.69) is 13.8 Å². The van der Waals surface area contributed by atoms with Crippen LogP contribution in [0.1, 0.15) is 78.1 Å². The Bertz CT molecular complexity index is 238. The molecule has 0 aromatic heterocycles. The van der Waals surface area contributed by atoms with Gasteiger partial charge >= 0.3 is 0 Å². The molecule has 0 amide bonds. The van der Waals surface area contributed by atoms with Crippen LogP contribution in [0.25, 0.3) is 0 Å². The zero-order chi connectivity index (χ0) is 12.3. The molecule has 1 heteroatoms. The Labute approximate surface area is 108 Å². The second kappa shape index (κ2) is 5.73. The van der Waals surface area contributed by atoms with Gasteiger partial charge in [0.25, 0.3) is 0 Å². The van der Waals surface area contributed by atoms with Gasteiger partial charge in [0.15, 0.2) is 0 Å². The molecule has 0 aliphatic heterocycles. The van der Waals surface area contributed by atoms with Crippen molar-refractivity contribution in [2.45, 2.75) is 84.1 Å². The van der Waals surface area contributed by atoms with Gasteiger partial charge in [-0.05, 0) is 36.5 Å². The maximum Gasteiger partial charge on any atom is 0.00763 e. The van der Waals surface area contributed by atoms with E-state index in [0.717, 1.165) is 11.8 Å². The molecule has 0 aromatic carbocycles. The van der Waals surface area contributed by atoms with E-state index in [4.69, 9.17) is 5.73 Å². The van der Waals surface area contributed by atoms with E-state index in [1.54, 1.807) is 0 Å². The van der Waals surface area contributed by atoms with Crippen LogP contribution in [0, 0.1) is 17.3 Å². The first-order valence-corrected chi connectivity index (χ1v) is 7.87. The van der Waals surface area contributed by atoms with E-state index in [1.807, 2.05) is 0 Å². The summed E-state index contributed by atoms with van der Waals surface area (Å²) in [6, 6.07) is 0.532. The highest BCUT2D eigenvalue weighted by atomic mass is 14.8. The lowest BCUT2D eigenvalue weighted by Crippen LogP contribution is -2.23. The second-order valence-corrected chi connectivity index (χ2v) is 7.11. The molecule has 1 nitrogen and oxygen atoms in total. The Morgan fingerprint density at radius 2 is 1.47 bits per heavy atom. The maximum atomic E-state index is 6.10. The van der Waals surface area contributed by atoms with Gasteiger partial charge in [0.05, 0.1) is 0 Å². The van der Waals surface area contributed by atoms with Crippen molar-refractivity contribution in [2.75, 3.05) is 0 Å². The average Bonchev–Trinajstić information content (AvgIpc) is 3.02. The smallest absolute Gasteiger partial charge is 0.00763 e. The molecule has 2 aliphatic rings. The quantitative estimate of drug-likeness (QED) is 0.714. The number of hydrogen-bond donors (Lipinski definition) is 1. The molecule has 0 bridgehead atoms. The molecule has 100 valence electrons. The van der Waals surface area contributed by atoms with Gasteiger partial charge < -0.3 is 5.73 Å². The molecular formula is C16H31N. The van der Waals surface area contributed by atoms with Gasteiger partial charge in [0, 0.05) is 6.04 Å². The third-order valence-corrected chi connectivity index (χ3v) is 5.37. The first-order valence-electron chi connectivity index (χ1n) is 7.87. The molecule has 2 fully saturated rings. The van der Waals surface area contributed by atoms with Crippen molar-refractivity contribution in [2.24, 2.45) is 23.0 Å². The third kappa shape index (κ3) is 3.71. The number of rotatable bonds is 1. The normalized spacial score (nSPS) is 45.0. The van der Waals surface area contributed by atoms with Crippen molar-refractivity contribution >= 4 is 0 Å². The van der Waals surface area contributed by atoms with Gasteiger partial charge in [0.1, 0.15) is 0 Å². The average molecular weight is 237 g/mol. The van der Waals surface area contributed by atoms with Gasteiger partial charge in [-0.1, -0.05) is 58.8 Å². The molecule has 0 spiro atoms. The standard InChI is InChI=1S/C16H31N/c1-13-8-4-3-6-10-16(2,11-7-5-9-13)14-12-15(14)17/h13-15H,3-12,17H2,1-2H3. The fraction of sp³-hybridized carbons (Fsp3) is 1.00. The SMILES string of the molecule is CC1CCCCCC(C)(C2CC2N)CCCC1. The topological polar surface area (TPSA) is 26.0 Å². The van der Waals surface area contributed by atoms with E-state index in [1.165, 1.54) is 64.2 Å². The van der Waals surface area contributed by atoms with Crippen LogP contribution in [-0.4, -0.2) is 6.04 Å². The second-order valence-electron chi connectivity index (χ2n) is 7.11. The van der Waals surface area contributed by atoms with E-state index < -0.39 is 0 Å². The Morgan fingerprint density at radius 1 is 0.941 bits per heavy atom. The molecule has 4 atom stereocenters. The fourth-order valence-corrected chi connectivity index (χ4v) is 3.88. The number of hydrogen-bond acceptors (Lipinski definition) is 1. The van der Waals surface area contributed by atoms with Crippen LogP contribution < -0.4 is 5.73 Å². The van der Waals surface area contributed by atoms with Crippen LogP contribution in [0.15, 0.2) is 0 Å². The van der Waals surface area contributed by atoms with Crippen LogP contribution >= 0.6 is 0 Å². The minimum atomic E-state index is 0.532. The van der Waals surface area contributed by atoms with Crippen molar-refractivity contribution in [3.63, 3.8) is 0 Å². The van der Waals surface area contributed by atoms with Gasteiger partial charge in [-0.2, -0.15) is 0 Å². The van der Waals surface area contributed by atoms with Crippen molar-refractivity contribution in [3.05, 3.63) is 0 Å². The molecule has 2 N–H and O–H groups in total. The Morgan fingerprint density at radius 3 is 2.06 bits per heavy atom. The minimum absolute atomic E-state index is 0.532. The zero-order valence-electron chi connectivity index (χ0n) is 11.9. The highest BCUT2D eigenvalue weighted by Gasteiger charge is 2.46. The molecule has 0 heterocycles. The van der Waals surface area contributed by atoms with Crippen molar-refractivity contribution in [3.8, 4) is 0 Å². The summed E-state index contributed by atoms with van der Waals surface area (Å²) in [5.74, 6) is 1.81. The molecule has 4 unspecified atom stereocenters. The summed E-state index contributed by atoms with van der Waals surface area (Å²) in [5.41, 5.74) is 6.67. The molecule has 17 heavy (non-hydrogen) atoms. The molecule has 0 saturated heterocycles. The monoisotopic (exact) mass is 237 g/mol. The van der Waals surface area contributed by atoms with Crippen molar-refractivity contribution in [1.82, 2.24) is 0 Å². The summed E-state index contributed by atoms with van der Waals surface area (Å²) in [6.07, 6.45) is 14.3. The van der Waals surface area contributed by atoms with Crippen LogP contribution in [-0.2, 0) is 0 Å². The lowest BCUT2D eigenvalue weighted by atomic mass is 9.75. The maximum absolute atomic E-state index is 6.10. The predicted molar refractivity (Wildman–Crippen MR) is 74.9 cm³/mol. The van der Waals surface area contributed by atoms with Gasteiger partial charge in [-0.25, -0.2) is 0 Å². The van der Waals surface area contributed by atoms with Crippen LogP contribution in [0.5, 0.6) is 0 Å². The predicted octanol–water partition coefficient (Wildman–Crippen LogP) is 4.50. The summed E-state index contributed by atoms with van der Waals surface area (Å²) < 4.78 is 0. The lowest BCUT2D eigenvalue weighted by Gasteiger charge is -2.30. The van der Waals surface area contributed by atoms with Gasteiger partial charge in [-0.3, -0.25) is 0 Å². The summed E-state index contributed by atoms with van der Waals surface area (Å²) in [4.78, 5) is 0. The Kier molecular flexibility index (Phi) is 4.52. The van der Waals surface area contributed by atoms with Gasteiger partial charge in [-0.15, -0.1) is 0 Å². The number of nitrogens with two attached hydrogens (primary N) is 1. The van der Waals surface area contributed by atoms with E-state index in [-0.39, 0.29) is 0 Å². The highest BCUT2D eigenvalue weighted by molar-refractivity contribution is 5.01. The third-order valence-electron chi connectivity index (χ3n) is 5.37. The summed E-state index contributed by atoms with van der Waals surface area (Å²) in [5, 5.41) is 0. The van der Waals surface area contributed by atoms with Crippen molar-refractivity contribution < 1.29 is 0 Å². The van der Waals surface area contributed by atoms with Crippen molar-refractivity contribution in [1.29, 1.82) is 0 Å². The molecule has 2 saturated carbocycles. The minimum Gasteiger partial charge on any atom is -0.327 e. The van der Waals surface area contributed by atoms with E-state index >= 15 is 0 Å². The summed E-state index contributed by atoms with van der Waals surface area (Å²) >= 11 is 0. The molecule has 0 radical (unpaired) electrons. The fourth-order valence-electron chi connectivity index (χ4n) is 3.88. The lowest BCUT2D eigenvalue weighted by molar-refractivity contribution is 0.208. The van der Waals surface area contributed by atoms with Crippen LogP contribution in [0.4, 0.5) is 0 Å². The Hall–Kier alpha value is -0.0400. The first-order chi connectivity index (χ1) is 8.12. The zero-order valence-corrected chi connectivity index (χ0v) is 11.9. The highest BCUT2D eigenvalue weighted by Crippen LogP contribution is 2.50. The molecule has 0 aromatic rings. The van der Waals surface area contributed by atoms with Gasteiger partial charge in [0.2, 0.25) is 0 Å². The van der Waals surface area contributed by atoms with E-state index in [0.29, 0.717) is 11.5 Å². The van der Waals surface area contributed by atoms with Crippen LogP contribution in [0.2, 0.25) is 0 Å². The summed E-state index contributed by atoms with van der Waals surface area (Å²) in [6.45, 7) is 4.96. The first kappa shape index (κ1) is 13.4. The molecule has 2 rings (SSSR count). The van der Waals surface area contributed by atoms with E-state index in [9.17, 15) is 0 Å². The largest absolute Gasteiger partial charge is 0.327 e. The Balaban J connectivity index is 1.88. The summed E-state index contributed by atoms with van der Waals surface area (Å²) in [7, 11) is 0.